The molecule has 2 aliphatic heterocycles. The Balaban J connectivity index is 1.44. The van der Waals surface area contributed by atoms with Crippen LogP contribution in [0, 0.1) is 0 Å². The fourth-order valence-electron chi connectivity index (χ4n) is 4.52. The summed E-state index contributed by atoms with van der Waals surface area (Å²) in [6.07, 6.45) is 6.35. The van der Waals surface area contributed by atoms with Gasteiger partial charge in [-0.3, -0.25) is 4.79 Å². The van der Waals surface area contributed by atoms with Crippen molar-refractivity contribution in [1.82, 2.24) is 24.5 Å². The van der Waals surface area contributed by atoms with Gasteiger partial charge in [-0.1, -0.05) is 6.42 Å². The Kier molecular flexibility index (Phi) is 6.29. The van der Waals surface area contributed by atoms with Crippen LogP contribution >= 0.6 is 0 Å². The van der Waals surface area contributed by atoms with Crippen molar-refractivity contribution in [1.29, 1.82) is 0 Å². The van der Waals surface area contributed by atoms with E-state index < -0.39 is 10.0 Å². The number of benzene rings is 2. The molecule has 10 nitrogen and oxygen atoms in total. The summed E-state index contributed by atoms with van der Waals surface area (Å²) in [5.74, 6) is -0.340. The summed E-state index contributed by atoms with van der Waals surface area (Å²) in [5.41, 5.74) is 2.48. The van der Waals surface area contributed by atoms with E-state index in [0.717, 1.165) is 56.6 Å². The second-order valence-corrected chi connectivity index (χ2v) is 10.5. The first-order valence-electron chi connectivity index (χ1n) is 11.6. The molecule has 2 aliphatic rings. The van der Waals surface area contributed by atoms with Crippen molar-refractivity contribution < 1.29 is 13.2 Å². The van der Waals surface area contributed by atoms with E-state index in [-0.39, 0.29) is 10.8 Å². The molecule has 0 radical (unpaired) electrons. The maximum absolute atomic E-state index is 13.4. The molecule has 0 bridgehead atoms. The summed E-state index contributed by atoms with van der Waals surface area (Å²) < 4.78 is 29.6. The summed E-state index contributed by atoms with van der Waals surface area (Å²) in [5, 5.41) is 14.0. The number of aromatic nitrogens is 4. The van der Waals surface area contributed by atoms with Crippen LogP contribution in [0.2, 0.25) is 0 Å². The van der Waals surface area contributed by atoms with Gasteiger partial charge in [0.2, 0.25) is 10.0 Å². The van der Waals surface area contributed by atoms with Gasteiger partial charge in [-0.25, -0.2) is 13.1 Å². The zero-order valence-electron chi connectivity index (χ0n) is 18.8. The minimum atomic E-state index is -3.65. The summed E-state index contributed by atoms with van der Waals surface area (Å²) >= 11 is 0. The Morgan fingerprint density at radius 3 is 2.26 bits per heavy atom. The first kappa shape index (κ1) is 22.5. The van der Waals surface area contributed by atoms with Crippen molar-refractivity contribution in [2.45, 2.75) is 37.0 Å². The highest BCUT2D eigenvalue weighted by atomic mass is 32.2. The van der Waals surface area contributed by atoms with E-state index in [1.165, 1.54) is 21.4 Å². The molecule has 0 atom stereocenters. The third-order valence-electron chi connectivity index (χ3n) is 6.35. The third-order valence-corrected chi connectivity index (χ3v) is 8.25. The van der Waals surface area contributed by atoms with Gasteiger partial charge in [0.15, 0.2) is 0 Å². The summed E-state index contributed by atoms with van der Waals surface area (Å²) in [4.78, 5) is 15.7. The van der Waals surface area contributed by atoms with E-state index >= 15 is 0 Å². The molecule has 2 aromatic carbocycles. The van der Waals surface area contributed by atoms with Gasteiger partial charge in [-0.05, 0) is 78.6 Å². The normalized spacial score (nSPS) is 17.1. The average molecular weight is 482 g/mol. The Morgan fingerprint density at radius 1 is 0.882 bits per heavy atom. The molecule has 3 aromatic rings. The van der Waals surface area contributed by atoms with Crippen LogP contribution in [0.15, 0.2) is 53.7 Å². The van der Waals surface area contributed by atoms with Crippen LogP contribution in [0.25, 0.3) is 5.69 Å². The monoisotopic (exact) mass is 481 g/mol. The molecular weight excluding hydrogens is 454 g/mol. The second kappa shape index (κ2) is 9.51. The lowest BCUT2D eigenvalue weighted by Crippen LogP contribution is -2.35. The van der Waals surface area contributed by atoms with Gasteiger partial charge in [0.1, 0.15) is 6.33 Å². The van der Waals surface area contributed by atoms with Gasteiger partial charge >= 0.3 is 0 Å². The quantitative estimate of drug-likeness (QED) is 0.576. The van der Waals surface area contributed by atoms with Gasteiger partial charge in [0.25, 0.3) is 5.91 Å². The molecule has 0 aliphatic carbocycles. The summed E-state index contributed by atoms with van der Waals surface area (Å²) in [7, 11) is -3.65. The molecule has 0 spiro atoms. The van der Waals surface area contributed by atoms with E-state index in [2.05, 4.69) is 25.7 Å². The highest BCUT2D eigenvalue weighted by molar-refractivity contribution is 7.89. The van der Waals surface area contributed by atoms with Crippen molar-refractivity contribution >= 4 is 27.3 Å². The van der Waals surface area contributed by atoms with Crippen LogP contribution in [0.5, 0.6) is 0 Å². The van der Waals surface area contributed by atoms with Crippen molar-refractivity contribution in [3.05, 3.63) is 54.4 Å². The minimum absolute atomic E-state index is 0.163. The van der Waals surface area contributed by atoms with Crippen LogP contribution in [0.4, 0.5) is 11.4 Å². The number of carbonyl (C=O) groups is 1. The molecule has 0 saturated carbocycles. The number of sulfonamides is 1. The van der Waals surface area contributed by atoms with Crippen molar-refractivity contribution in [2.75, 3.05) is 36.4 Å². The van der Waals surface area contributed by atoms with Crippen molar-refractivity contribution in [2.24, 2.45) is 0 Å². The molecule has 34 heavy (non-hydrogen) atoms. The predicted octanol–water partition coefficient (Wildman–Crippen LogP) is 2.69. The third kappa shape index (κ3) is 4.53. The first-order valence-corrected chi connectivity index (χ1v) is 13.0. The van der Waals surface area contributed by atoms with Crippen LogP contribution in [-0.2, 0) is 10.0 Å². The van der Waals surface area contributed by atoms with Crippen LogP contribution < -0.4 is 10.2 Å². The number of rotatable bonds is 6. The highest BCUT2D eigenvalue weighted by Gasteiger charge is 2.28. The Bertz CT molecular complexity index is 1250. The number of carbonyl (C=O) groups excluding carboxylic acids is 1. The number of anilines is 2. The molecule has 178 valence electrons. The van der Waals surface area contributed by atoms with Gasteiger partial charge in [-0.15, -0.1) is 5.10 Å². The summed E-state index contributed by atoms with van der Waals surface area (Å²) in [6.45, 7) is 2.73. The van der Waals surface area contributed by atoms with Crippen LogP contribution in [-0.4, -0.2) is 65.0 Å². The topological polar surface area (TPSA) is 113 Å². The highest BCUT2D eigenvalue weighted by Crippen LogP contribution is 2.30. The Hall–Kier alpha value is -3.31. The SMILES string of the molecule is O=C(Nc1ccc(-n2cnnn2)cc1)c1cc(S(=O)(=O)N2CCCCC2)ccc1N1CCCC1. The molecular formula is C23H27N7O3S. The largest absolute Gasteiger partial charge is 0.371 e. The molecule has 1 N–H and O–H groups in total. The first-order chi connectivity index (χ1) is 16.5. The average Bonchev–Trinajstić information content (AvgIpc) is 3.60. The van der Waals surface area contributed by atoms with Gasteiger partial charge < -0.3 is 10.2 Å². The molecule has 5 rings (SSSR count). The lowest BCUT2D eigenvalue weighted by atomic mass is 10.1. The molecule has 3 heterocycles. The maximum atomic E-state index is 13.4. The fourth-order valence-corrected chi connectivity index (χ4v) is 6.06. The number of tetrazole rings is 1. The predicted molar refractivity (Wildman–Crippen MR) is 128 cm³/mol. The Labute approximate surface area is 198 Å². The van der Waals surface area contributed by atoms with E-state index in [0.29, 0.717) is 24.3 Å². The molecule has 11 heteroatoms. The molecule has 2 saturated heterocycles. The number of nitrogens with zero attached hydrogens (tertiary/aromatic N) is 6. The Morgan fingerprint density at radius 2 is 1.59 bits per heavy atom. The van der Waals surface area contributed by atoms with Crippen LogP contribution in [0.3, 0.4) is 0 Å². The summed E-state index contributed by atoms with van der Waals surface area (Å²) in [6, 6.07) is 12.1. The lowest BCUT2D eigenvalue weighted by Gasteiger charge is -2.27. The number of hydrogen-bond donors (Lipinski definition) is 1. The molecule has 1 amide bonds. The fraction of sp³-hybridized carbons (Fsp3) is 0.391. The number of piperidine rings is 1. The van der Waals surface area contributed by atoms with E-state index in [1.54, 1.807) is 36.4 Å². The standard InChI is InChI=1S/C23H27N7O3S/c31-23(25-18-6-8-19(9-7-18)30-17-24-26-27-30)21-16-20(10-11-22(21)28-12-4-5-13-28)34(32,33)29-14-2-1-3-15-29/h6-11,16-17H,1-5,12-15H2,(H,25,31). The molecule has 2 fully saturated rings. The molecule has 0 unspecified atom stereocenters. The number of amides is 1. The van der Waals surface area contributed by atoms with Crippen molar-refractivity contribution in [3.63, 3.8) is 0 Å². The number of hydrogen-bond acceptors (Lipinski definition) is 7. The minimum Gasteiger partial charge on any atom is -0.371 e. The van der Waals surface area contributed by atoms with Crippen LogP contribution in [0.1, 0.15) is 42.5 Å². The molecule has 1 aromatic heterocycles. The van der Waals surface area contributed by atoms with Gasteiger partial charge in [-0.2, -0.15) is 4.31 Å². The zero-order valence-corrected chi connectivity index (χ0v) is 19.6. The van der Waals surface area contributed by atoms with E-state index in [1.807, 2.05) is 0 Å². The maximum Gasteiger partial charge on any atom is 0.257 e. The van der Waals surface area contributed by atoms with Gasteiger partial charge in [0.05, 0.1) is 16.1 Å². The van der Waals surface area contributed by atoms with E-state index in [9.17, 15) is 13.2 Å². The van der Waals surface area contributed by atoms with Crippen molar-refractivity contribution in [3.8, 4) is 5.69 Å². The lowest BCUT2D eigenvalue weighted by molar-refractivity contribution is 0.102. The number of nitrogens with one attached hydrogen (secondary N) is 1. The van der Waals surface area contributed by atoms with Gasteiger partial charge in [0, 0.05) is 37.6 Å². The van der Waals surface area contributed by atoms with E-state index in [4.69, 9.17) is 0 Å². The second-order valence-electron chi connectivity index (χ2n) is 8.59. The zero-order chi connectivity index (χ0) is 23.5. The smallest absolute Gasteiger partial charge is 0.257 e.